The maximum Gasteiger partial charge on any atom is 0.277 e. The zero-order valence-corrected chi connectivity index (χ0v) is 14.3. The highest BCUT2D eigenvalue weighted by Crippen LogP contribution is 2.24. The van der Waals surface area contributed by atoms with Crippen molar-refractivity contribution in [3.63, 3.8) is 0 Å². The number of rotatable bonds is 5. The minimum Gasteiger partial charge on any atom is -0.508 e. The Morgan fingerprint density at radius 1 is 0.667 bits per heavy atom. The Balaban J connectivity index is 1.85. The van der Waals surface area contributed by atoms with Gasteiger partial charge in [-0.3, -0.25) is 10.1 Å². The van der Waals surface area contributed by atoms with E-state index in [1.165, 1.54) is 6.07 Å². The van der Waals surface area contributed by atoms with Gasteiger partial charge in [-0.25, -0.2) is 0 Å². The molecule has 0 amide bonds. The molecule has 0 fully saturated rings. The van der Waals surface area contributed by atoms with E-state index in [1.807, 2.05) is 6.08 Å². The third-order valence-electron chi connectivity index (χ3n) is 3.96. The molecule has 0 saturated heterocycles. The van der Waals surface area contributed by atoms with Gasteiger partial charge >= 0.3 is 0 Å². The van der Waals surface area contributed by atoms with Gasteiger partial charge in [0.05, 0.1) is 10.5 Å². The van der Waals surface area contributed by atoms with E-state index in [1.54, 1.807) is 78.9 Å². The van der Waals surface area contributed by atoms with Crippen molar-refractivity contribution in [3.05, 3.63) is 99.1 Å². The van der Waals surface area contributed by atoms with Gasteiger partial charge in [-0.1, -0.05) is 48.6 Å². The first-order chi connectivity index (χ1) is 13.0. The van der Waals surface area contributed by atoms with E-state index in [4.69, 9.17) is 0 Å². The molecule has 3 aromatic rings. The van der Waals surface area contributed by atoms with Crippen LogP contribution < -0.4 is 0 Å². The number of phenols is 2. The topological polar surface area (TPSA) is 83.6 Å². The second kappa shape index (κ2) is 8.01. The van der Waals surface area contributed by atoms with Gasteiger partial charge in [0.2, 0.25) is 0 Å². The minimum absolute atomic E-state index is 0.0119. The van der Waals surface area contributed by atoms with Crippen LogP contribution in [-0.2, 0) is 0 Å². The molecule has 0 aliphatic rings. The fraction of sp³-hybridized carbons (Fsp3) is 0. The highest BCUT2D eigenvalue weighted by Gasteiger charge is 2.11. The van der Waals surface area contributed by atoms with E-state index >= 15 is 0 Å². The average Bonchev–Trinajstić information content (AvgIpc) is 2.67. The van der Waals surface area contributed by atoms with Crippen LogP contribution in [0.15, 0.2) is 66.7 Å². The van der Waals surface area contributed by atoms with E-state index in [0.717, 1.165) is 11.1 Å². The molecule has 0 unspecified atom stereocenters. The highest BCUT2D eigenvalue weighted by atomic mass is 16.6. The number of benzene rings is 3. The van der Waals surface area contributed by atoms with Gasteiger partial charge in [-0.2, -0.15) is 0 Å². The lowest BCUT2D eigenvalue weighted by atomic mass is 10.1. The van der Waals surface area contributed by atoms with Gasteiger partial charge in [0.25, 0.3) is 5.69 Å². The molecule has 3 aromatic carbocycles. The fourth-order valence-corrected chi connectivity index (χ4v) is 2.51. The summed E-state index contributed by atoms with van der Waals surface area (Å²) in [6, 6.07) is 18.3. The second-order valence-electron chi connectivity index (χ2n) is 5.93. The van der Waals surface area contributed by atoms with Crippen LogP contribution in [0, 0.1) is 10.1 Å². The zero-order chi connectivity index (χ0) is 19.2. The fourth-order valence-electron chi connectivity index (χ4n) is 2.51. The van der Waals surface area contributed by atoms with Crippen molar-refractivity contribution in [2.24, 2.45) is 0 Å². The number of nitrogens with zero attached hydrogens (tertiary/aromatic N) is 1. The molecule has 0 aliphatic heterocycles. The van der Waals surface area contributed by atoms with Crippen LogP contribution in [0.2, 0.25) is 0 Å². The van der Waals surface area contributed by atoms with Crippen LogP contribution in [0.25, 0.3) is 24.3 Å². The molecule has 0 saturated carbocycles. The smallest absolute Gasteiger partial charge is 0.277 e. The predicted molar refractivity (Wildman–Crippen MR) is 107 cm³/mol. The summed E-state index contributed by atoms with van der Waals surface area (Å²) in [7, 11) is 0. The van der Waals surface area contributed by atoms with Crippen LogP contribution in [-0.4, -0.2) is 15.1 Å². The summed E-state index contributed by atoms with van der Waals surface area (Å²) in [5.41, 5.74) is 2.93. The molecule has 0 aromatic heterocycles. The summed E-state index contributed by atoms with van der Waals surface area (Å²) in [5, 5.41) is 30.0. The lowest BCUT2D eigenvalue weighted by Crippen LogP contribution is -1.92. The summed E-state index contributed by atoms with van der Waals surface area (Å²) in [5.74, 6) is 0.357. The summed E-state index contributed by atoms with van der Waals surface area (Å²) in [6.45, 7) is 0. The van der Waals surface area contributed by atoms with Crippen LogP contribution in [0.3, 0.4) is 0 Å². The Hall–Kier alpha value is -3.86. The maximum atomic E-state index is 11.4. The van der Waals surface area contributed by atoms with E-state index in [-0.39, 0.29) is 17.2 Å². The van der Waals surface area contributed by atoms with Gasteiger partial charge in [0, 0.05) is 6.07 Å². The lowest BCUT2D eigenvalue weighted by Gasteiger charge is -2.01. The molecule has 0 bridgehead atoms. The van der Waals surface area contributed by atoms with Crippen molar-refractivity contribution in [2.45, 2.75) is 0 Å². The first-order valence-electron chi connectivity index (χ1n) is 8.24. The number of hydrogen-bond acceptors (Lipinski definition) is 4. The molecule has 5 nitrogen and oxygen atoms in total. The molecule has 27 heavy (non-hydrogen) atoms. The van der Waals surface area contributed by atoms with E-state index in [0.29, 0.717) is 11.1 Å². The molecule has 0 spiro atoms. The maximum absolute atomic E-state index is 11.4. The number of hydrogen-bond donors (Lipinski definition) is 2. The quantitative estimate of drug-likeness (QED) is 0.365. The Morgan fingerprint density at radius 3 is 1.63 bits per heavy atom. The van der Waals surface area contributed by atoms with Crippen molar-refractivity contribution in [1.82, 2.24) is 0 Å². The highest BCUT2D eigenvalue weighted by molar-refractivity contribution is 5.77. The van der Waals surface area contributed by atoms with Crippen molar-refractivity contribution in [2.75, 3.05) is 0 Å². The molecule has 0 aliphatic carbocycles. The number of aromatic hydroxyl groups is 2. The van der Waals surface area contributed by atoms with Gasteiger partial charge in [0.15, 0.2) is 0 Å². The number of nitro benzene ring substituents is 1. The minimum atomic E-state index is -0.408. The Morgan fingerprint density at radius 2 is 1.11 bits per heavy atom. The van der Waals surface area contributed by atoms with Crippen molar-refractivity contribution >= 4 is 30.0 Å². The standard InChI is InChI=1S/C22H17NO4/c24-20-11-5-16(6-12-20)1-2-18-4-10-19(22(15-18)23(26)27)9-3-17-7-13-21(25)14-8-17/h1-15,24-25H/b2-1+,9-3+. The van der Waals surface area contributed by atoms with Crippen molar-refractivity contribution in [3.8, 4) is 11.5 Å². The van der Waals surface area contributed by atoms with Crippen molar-refractivity contribution in [1.29, 1.82) is 0 Å². The van der Waals surface area contributed by atoms with E-state index in [9.17, 15) is 20.3 Å². The average molecular weight is 359 g/mol. The molecule has 0 radical (unpaired) electrons. The van der Waals surface area contributed by atoms with Crippen LogP contribution >= 0.6 is 0 Å². The lowest BCUT2D eigenvalue weighted by molar-refractivity contribution is -0.385. The molecule has 5 heteroatoms. The van der Waals surface area contributed by atoms with Crippen LogP contribution in [0.5, 0.6) is 11.5 Å². The molecular weight excluding hydrogens is 342 g/mol. The van der Waals surface area contributed by atoms with Gasteiger partial charge < -0.3 is 10.2 Å². The normalized spacial score (nSPS) is 11.3. The first kappa shape index (κ1) is 17.9. The Kier molecular flexibility index (Phi) is 5.33. The van der Waals surface area contributed by atoms with E-state index in [2.05, 4.69) is 0 Å². The van der Waals surface area contributed by atoms with Crippen molar-refractivity contribution < 1.29 is 15.1 Å². The third-order valence-corrected chi connectivity index (χ3v) is 3.96. The molecule has 2 N–H and O–H groups in total. The summed E-state index contributed by atoms with van der Waals surface area (Å²) >= 11 is 0. The second-order valence-corrected chi connectivity index (χ2v) is 5.93. The molecule has 3 rings (SSSR count). The predicted octanol–water partition coefficient (Wildman–Crippen LogP) is 5.35. The molecular formula is C22H17NO4. The summed E-state index contributed by atoms with van der Waals surface area (Å²) in [4.78, 5) is 11.0. The van der Waals surface area contributed by atoms with Gasteiger partial charge in [-0.15, -0.1) is 0 Å². The first-order valence-corrected chi connectivity index (χ1v) is 8.24. The van der Waals surface area contributed by atoms with Crippen LogP contribution in [0.4, 0.5) is 5.69 Å². The SMILES string of the molecule is O=[N+]([O-])c1cc(/C=C/c2ccc(O)cc2)ccc1/C=C/c1ccc(O)cc1. The summed E-state index contributed by atoms with van der Waals surface area (Å²) < 4.78 is 0. The number of phenolic OH excluding ortho intramolecular Hbond substituents is 2. The monoisotopic (exact) mass is 359 g/mol. The zero-order valence-electron chi connectivity index (χ0n) is 14.3. The summed E-state index contributed by atoms with van der Waals surface area (Å²) in [6.07, 6.45) is 7.04. The van der Waals surface area contributed by atoms with Gasteiger partial charge in [-0.05, 0) is 53.1 Å². The molecule has 0 heterocycles. The third kappa shape index (κ3) is 4.83. The number of nitro groups is 1. The van der Waals surface area contributed by atoms with Crippen LogP contribution in [0.1, 0.15) is 22.3 Å². The Labute approximate surface area is 156 Å². The van der Waals surface area contributed by atoms with E-state index < -0.39 is 4.92 Å². The Bertz CT molecular complexity index is 1000. The largest absolute Gasteiger partial charge is 0.508 e. The van der Waals surface area contributed by atoms with Gasteiger partial charge in [0.1, 0.15) is 11.5 Å². The molecule has 0 atom stereocenters. The molecule has 134 valence electrons.